The van der Waals surface area contributed by atoms with E-state index in [-0.39, 0.29) is 0 Å². The first kappa shape index (κ1) is 16.2. The van der Waals surface area contributed by atoms with Crippen LogP contribution in [0.3, 0.4) is 0 Å². The van der Waals surface area contributed by atoms with Gasteiger partial charge in [0.25, 0.3) is 0 Å². The summed E-state index contributed by atoms with van der Waals surface area (Å²) in [5, 5.41) is 3.48. The molecular formula is C18H31N. The van der Waals surface area contributed by atoms with E-state index in [1.165, 1.54) is 56.1 Å². The van der Waals surface area contributed by atoms with Gasteiger partial charge in [-0.2, -0.15) is 0 Å². The van der Waals surface area contributed by atoms with Gasteiger partial charge in [0.2, 0.25) is 0 Å². The minimum absolute atomic E-state index is 0.632. The van der Waals surface area contributed by atoms with E-state index in [2.05, 4.69) is 50.5 Å². The first-order valence-corrected chi connectivity index (χ1v) is 7.99. The average Bonchev–Trinajstić information content (AvgIpc) is 2.43. The van der Waals surface area contributed by atoms with Crippen molar-refractivity contribution in [2.24, 2.45) is 0 Å². The predicted molar refractivity (Wildman–Crippen MR) is 85.7 cm³/mol. The van der Waals surface area contributed by atoms with Crippen LogP contribution in [0.15, 0.2) is 24.3 Å². The Bertz CT molecular complexity index is 332. The number of aryl methyl sites for hydroxylation is 1. The molecule has 0 aliphatic carbocycles. The SMILES string of the molecule is CCCCCCCCC(Cc1ccccc1C)NC. The lowest BCUT2D eigenvalue weighted by Crippen LogP contribution is -2.27. The summed E-state index contributed by atoms with van der Waals surface area (Å²) in [4.78, 5) is 0. The highest BCUT2D eigenvalue weighted by molar-refractivity contribution is 5.26. The summed E-state index contributed by atoms with van der Waals surface area (Å²) in [6.07, 6.45) is 10.8. The second-order valence-corrected chi connectivity index (χ2v) is 5.67. The van der Waals surface area contributed by atoms with Crippen LogP contribution in [0.2, 0.25) is 0 Å². The van der Waals surface area contributed by atoms with Crippen LogP contribution in [0.5, 0.6) is 0 Å². The van der Waals surface area contributed by atoms with Crippen LogP contribution < -0.4 is 5.32 Å². The number of hydrogen-bond acceptors (Lipinski definition) is 1. The molecule has 0 radical (unpaired) electrons. The molecule has 0 bridgehead atoms. The van der Waals surface area contributed by atoms with Crippen molar-refractivity contribution in [2.75, 3.05) is 7.05 Å². The van der Waals surface area contributed by atoms with Crippen molar-refractivity contribution in [2.45, 2.75) is 71.3 Å². The highest BCUT2D eigenvalue weighted by atomic mass is 14.9. The Balaban J connectivity index is 2.24. The molecular weight excluding hydrogens is 230 g/mol. The molecule has 0 saturated carbocycles. The van der Waals surface area contributed by atoms with Gasteiger partial charge in [-0.25, -0.2) is 0 Å². The molecule has 0 heterocycles. The Labute approximate surface area is 119 Å². The third kappa shape index (κ3) is 6.77. The average molecular weight is 261 g/mol. The quantitative estimate of drug-likeness (QED) is 0.592. The summed E-state index contributed by atoms with van der Waals surface area (Å²) in [7, 11) is 2.10. The van der Waals surface area contributed by atoms with Crippen molar-refractivity contribution in [1.82, 2.24) is 5.32 Å². The van der Waals surface area contributed by atoms with E-state index in [9.17, 15) is 0 Å². The smallest absolute Gasteiger partial charge is 0.0105 e. The van der Waals surface area contributed by atoms with Crippen molar-refractivity contribution in [3.05, 3.63) is 35.4 Å². The molecule has 0 aromatic heterocycles. The number of likely N-dealkylation sites (N-methyl/N-ethyl adjacent to an activating group) is 1. The molecule has 19 heavy (non-hydrogen) atoms. The lowest BCUT2D eigenvalue weighted by molar-refractivity contribution is 0.479. The number of hydrogen-bond donors (Lipinski definition) is 1. The standard InChI is InChI=1S/C18H31N/c1-4-5-6-7-8-9-14-18(19-3)15-17-13-11-10-12-16(17)2/h10-13,18-19H,4-9,14-15H2,1-3H3. The zero-order valence-electron chi connectivity index (χ0n) is 13.0. The van der Waals surface area contributed by atoms with Crippen molar-refractivity contribution >= 4 is 0 Å². The minimum atomic E-state index is 0.632. The first-order valence-electron chi connectivity index (χ1n) is 7.99. The zero-order chi connectivity index (χ0) is 13.9. The third-order valence-corrected chi connectivity index (χ3v) is 4.04. The van der Waals surface area contributed by atoms with E-state index in [1.807, 2.05) is 0 Å². The fourth-order valence-electron chi connectivity index (χ4n) is 2.62. The minimum Gasteiger partial charge on any atom is -0.317 e. The Kier molecular flexibility index (Phi) is 8.57. The summed E-state index contributed by atoms with van der Waals surface area (Å²) < 4.78 is 0. The Hall–Kier alpha value is -0.820. The summed E-state index contributed by atoms with van der Waals surface area (Å²) in [6.45, 7) is 4.49. The monoisotopic (exact) mass is 261 g/mol. The topological polar surface area (TPSA) is 12.0 Å². The van der Waals surface area contributed by atoms with Crippen molar-refractivity contribution in [1.29, 1.82) is 0 Å². The molecule has 0 spiro atoms. The van der Waals surface area contributed by atoms with Gasteiger partial charge in [-0.1, -0.05) is 69.7 Å². The third-order valence-electron chi connectivity index (χ3n) is 4.04. The Morgan fingerprint density at radius 3 is 2.37 bits per heavy atom. The van der Waals surface area contributed by atoms with Crippen molar-refractivity contribution < 1.29 is 0 Å². The van der Waals surface area contributed by atoms with Gasteiger partial charge in [-0.05, 0) is 37.9 Å². The van der Waals surface area contributed by atoms with Crippen LogP contribution in [-0.4, -0.2) is 13.1 Å². The molecule has 0 amide bonds. The molecule has 1 rings (SSSR count). The second-order valence-electron chi connectivity index (χ2n) is 5.67. The summed E-state index contributed by atoms with van der Waals surface area (Å²) in [5.41, 5.74) is 2.92. The van der Waals surface area contributed by atoms with Gasteiger partial charge in [0, 0.05) is 6.04 Å². The molecule has 1 N–H and O–H groups in total. The van der Waals surface area contributed by atoms with Gasteiger partial charge in [0.05, 0.1) is 0 Å². The normalized spacial score (nSPS) is 12.6. The van der Waals surface area contributed by atoms with E-state index in [0.29, 0.717) is 6.04 Å². The van der Waals surface area contributed by atoms with Crippen LogP contribution in [0.1, 0.15) is 63.0 Å². The molecule has 0 saturated heterocycles. The van der Waals surface area contributed by atoms with E-state index in [1.54, 1.807) is 0 Å². The van der Waals surface area contributed by atoms with Crippen LogP contribution in [0.25, 0.3) is 0 Å². The van der Waals surface area contributed by atoms with Crippen LogP contribution >= 0.6 is 0 Å². The van der Waals surface area contributed by atoms with Crippen LogP contribution in [0, 0.1) is 6.92 Å². The van der Waals surface area contributed by atoms with Gasteiger partial charge < -0.3 is 5.32 Å². The lowest BCUT2D eigenvalue weighted by Gasteiger charge is -2.17. The molecule has 108 valence electrons. The van der Waals surface area contributed by atoms with Crippen LogP contribution in [-0.2, 0) is 6.42 Å². The largest absolute Gasteiger partial charge is 0.317 e. The Morgan fingerprint density at radius 2 is 1.68 bits per heavy atom. The fraction of sp³-hybridized carbons (Fsp3) is 0.667. The van der Waals surface area contributed by atoms with E-state index >= 15 is 0 Å². The van der Waals surface area contributed by atoms with E-state index < -0.39 is 0 Å². The molecule has 1 heteroatoms. The molecule has 1 nitrogen and oxygen atoms in total. The molecule has 1 aromatic rings. The van der Waals surface area contributed by atoms with E-state index in [0.717, 1.165) is 6.42 Å². The number of unbranched alkanes of at least 4 members (excludes halogenated alkanes) is 5. The summed E-state index contributed by atoms with van der Waals surface area (Å²) >= 11 is 0. The molecule has 0 aliphatic heterocycles. The molecule has 1 aromatic carbocycles. The molecule has 0 fully saturated rings. The first-order chi connectivity index (χ1) is 9.27. The fourth-order valence-corrected chi connectivity index (χ4v) is 2.62. The maximum atomic E-state index is 3.48. The Morgan fingerprint density at radius 1 is 1.00 bits per heavy atom. The van der Waals surface area contributed by atoms with E-state index in [4.69, 9.17) is 0 Å². The van der Waals surface area contributed by atoms with Gasteiger partial charge in [0.1, 0.15) is 0 Å². The maximum Gasteiger partial charge on any atom is 0.0105 e. The van der Waals surface area contributed by atoms with Crippen molar-refractivity contribution in [3.63, 3.8) is 0 Å². The van der Waals surface area contributed by atoms with Crippen molar-refractivity contribution in [3.8, 4) is 0 Å². The summed E-state index contributed by atoms with van der Waals surface area (Å²) in [6, 6.07) is 9.39. The van der Waals surface area contributed by atoms with Gasteiger partial charge in [-0.3, -0.25) is 0 Å². The number of rotatable bonds is 10. The highest BCUT2D eigenvalue weighted by Crippen LogP contribution is 2.14. The predicted octanol–water partition coefficient (Wildman–Crippen LogP) is 4.88. The summed E-state index contributed by atoms with van der Waals surface area (Å²) in [5.74, 6) is 0. The second kappa shape index (κ2) is 10.0. The lowest BCUT2D eigenvalue weighted by atomic mass is 9.97. The number of nitrogens with one attached hydrogen (secondary N) is 1. The number of benzene rings is 1. The maximum absolute atomic E-state index is 3.48. The van der Waals surface area contributed by atoms with Gasteiger partial charge >= 0.3 is 0 Å². The zero-order valence-corrected chi connectivity index (χ0v) is 13.0. The molecule has 0 aliphatic rings. The highest BCUT2D eigenvalue weighted by Gasteiger charge is 2.08. The molecule has 1 atom stereocenters. The van der Waals surface area contributed by atoms with Gasteiger partial charge in [-0.15, -0.1) is 0 Å². The molecule has 1 unspecified atom stereocenters. The van der Waals surface area contributed by atoms with Gasteiger partial charge in [0.15, 0.2) is 0 Å². The van der Waals surface area contributed by atoms with Crippen LogP contribution in [0.4, 0.5) is 0 Å².